The Morgan fingerprint density at radius 2 is 2.06 bits per heavy atom. The third kappa shape index (κ3) is 2.58. The third-order valence-electron chi connectivity index (χ3n) is 2.44. The van der Waals surface area contributed by atoms with Gasteiger partial charge in [0.1, 0.15) is 13.2 Å². The molecule has 1 aliphatic rings. The summed E-state index contributed by atoms with van der Waals surface area (Å²) in [5.74, 6) is 1.47. The standard InChI is InChI=1S/C11H15NO3.ClH/c12-9(4-5-13)8-2-1-3-10-11(8)15-7-6-14-10;/h1-3,9,13H,4-7,12H2;1H/t9-;/m0./s1. The lowest BCUT2D eigenvalue weighted by Gasteiger charge is -2.23. The summed E-state index contributed by atoms with van der Waals surface area (Å²) in [6.07, 6.45) is 0.528. The van der Waals surface area contributed by atoms with Gasteiger partial charge in [-0.25, -0.2) is 0 Å². The van der Waals surface area contributed by atoms with Crippen LogP contribution >= 0.6 is 12.4 Å². The number of hydrogen-bond acceptors (Lipinski definition) is 4. The Morgan fingerprint density at radius 1 is 1.31 bits per heavy atom. The monoisotopic (exact) mass is 245 g/mol. The number of ether oxygens (including phenoxy) is 2. The smallest absolute Gasteiger partial charge is 0.166 e. The minimum Gasteiger partial charge on any atom is -0.486 e. The average Bonchev–Trinajstić information content (AvgIpc) is 2.28. The Bertz CT molecular complexity index is 346. The summed E-state index contributed by atoms with van der Waals surface area (Å²) in [5.41, 5.74) is 6.84. The van der Waals surface area contributed by atoms with E-state index in [0.29, 0.717) is 19.6 Å². The molecule has 0 spiro atoms. The predicted octanol–water partition coefficient (Wildman–Crippen LogP) is 1.26. The second-order valence-electron chi connectivity index (χ2n) is 3.49. The van der Waals surface area contributed by atoms with Crippen LogP contribution in [0.5, 0.6) is 11.5 Å². The first-order valence-electron chi connectivity index (χ1n) is 5.08. The van der Waals surface area contributed by atoms with E-state index in [1.807, 2.05) is 18.2 Å². The number of fused-ring (bicyclic) bond motifs is 1. The van der Waals surface area contributed by atoms with E-state index in [1.165, 1.54) is 0 Å². The molecule has 1 aromatic carbocycles. The topological polar surface area (TPSA) is 64.7 Å². The molecule has 3 N–H and O–H groups in total. The molecule has 1 atom stereocenters. The molecule has 90 valence electrons. The van der Waals surface area contributed by atoms with Gasteiger partial charge in [0.2, 0.25) is 0 Å². The lowest BCUT2D eigenvalue weighted by atomic mass is 10.0. The van der Waals surface area contributed by atoms with Crippen LogP contribution in [0.3, 0.4) is 0 Å². The number of nitrogens with two attached hydrogens (primary N) is 1. The van der Waals surface area contributed by atoms with Crippen molar-refractivity contribution in [3.63, 3.8) is 0 Å². The maximum atomic E-state index is 8.85. The molecule has 5 heteroatoms. The van der Waals surface area contributed by atoms with Crippen molar-refractivity contribution in [1.29, 1.82) is 0 Å². The fraction of sp³-hybridized carbons (Fsp3) is 0.455. The lowest BCUT2D eigenvalue weighted by Crippen LogP contribution is -2.20. The largest absolute Gasteiger partial charge is 0.486 e. The van der Waals surface area contributed by atoms with Gasteiger partial charge in [-0.05, 0) is 12.5 Å². The molecule has 0 aromatic heterocycles. The van der Waals surface area contributed by atoms with Crippen LogP contribution in [-0.4, -0.2) is 24.9 Å². The first-order chi connectivity index (χ1) is 7.33. The fourth-order valence-electron chi connectivity index (χ4n) is 1.68. The number of aliphatic hydroxyl groups excluding tert-OH is 1. The van der Waals surface area contributed by atoms with Crippen molar-refractivity contribution >= 4 is 12.4 Å². The third-order valence-corrected chi connectivity index (χ3v) is 2.44. The molecule has 16 heavy (non-hydrogen) atoms. The van der Waals surface area contributed by atoms with E-state index in [9.17, 15) is 0 Å². The highest BCUT2D eigenvalue weighted by Gasteiger charge is 2.19. The van der Waals surface area contributed by atoms with Crippen molar-refractivity contribution in [2.75, 3.05) is 19.8 Å². The molecule has 2 rings (SSSR count). The molecule has 0 aliphatic carbocycles. The number of aliphatic hydroxyl groups is 1. The summed E-state index contributed by atoms with van der Waals surface area (Å²) in [6.45, 7) is 1.20. The molecule has 1 aliphatic heterocycles. The van der Waals surface area contributed by atoms with Gasteiger partial charge in [0.15, 0.2) is 11.5 Å². The predicted molar refractivity (Wildman–Crippen MR) is 63.3 cm³/mol. The highest BCUT2D eigenvalue weighted by molar-refractivity contribution is 5.85. The summed E-state index contributed by atoms with van der Waals surface area (Å²) in [6, 6.07) is 5.46. The maximum Gasteiger partial charge on any atom is 0.166 e. The van der Waals surface area contributed by atoms with Gasteiger partial charge in [-0.3, -0.25) is 0 Å². The second kappa shape index (κ2) is 5.94. The Hall–Kier alpha value is -0.970. The van der Waals surface area contributed by atoms with Crippen LogP contribution in [0.2, 0.25) is 0 Å². The zero-order chi connectivity index (χ0) is 10.7. The Kier molecular flexibility index (Phi) is 4.86. The SMILES string of the molecule is Cl.N[C@@H](CCO)c1cccc2c1OCCO2. The second-order valence-corrected chi connectivity index (χ2v) is 3.49. The number of hydrogen-bond donors (Lipinski definition) is 2. The Morgan fingerprint density at radius 3 is 2.81 bits per heavy atom. The van der Waals surface area contributed by atoms with Gasteiger partial charge in [0, 0.05) is 18.2 Å². The summed E-state index contributed by atoms with van der Waals surface area (Å²) in [7, 11) is 0. The van der Waals surface area contributed by atoms with Crippen LogP contribution in [0.15, 0.2) is 18.2 Å². The van der Waals surface area contributed by atoms with Crippen LogP contribution in [0.25, 0.3) is 0 Å². The zero-order valence-electron chi connectivity index (χ0n) is 8.89. The van der Waals surface area contributed by atoms with Gasteiger partial charge >= 0.3 is 0 Å². The summed E-state index contributed by atoms with van der Waals surface area (Å²) >= 11 is 0. The van der Waals surface area contributed by atoms with E-state index in [-0.39, 0.29) is 25.1 Å². The van der Waals surface area contributed by atoms with Crippen LogP contribution in [0.1, 0.15) is 18.0 Å². The highest BCUT2D eigenvalue weighted by atomic mass is 35.5. The number of benzene rings is 1. The van der Waals surface area contributed by atoms with Crippen molar-refractivity contribution in [3.05, 3.63) is 23.8 Å². The zero-order valence-corrected chi connectivity index (χ0v) is 9.70. The quantitative estimate of drug-likeness (QED) is 0.842. The van der Waals surface area contributed by atoms with Crippen LogP contribution in [0.4, 0.5) is 0 Å². The fourth-order valence-corrected chi connectivity index (χ4v) is 1.68. The summed E-state index contributed by atoms with van der Waals surface area (Å²) < 4.78 is 11.0. The molecule has 0 unspecified atom stereocenters. The van der Waals surface area contributed by atoms with Crippen LogP contribution < -0.4 is 15.2 Å². The molecule has 0 saturated heterocycles. The molecular weight excluding hydrogens is 230 g/mol. The van der Waals surface area contributed by atoms with Gasteiger partial charge in [0.05, 0.1) is 0 Å². The molecule has 0 bridgehead atoms. The van der Waals surface area contributed by atoms with Crippen molar-refractivity contribution < 1.29 is 14.6 Å². The van der Waals surface area contributed by atoms with E-state index in [1.54, 1.807) is 0 Å². The van der Waals surface area contributed by atoms with Crippen molar-refractivity contribution in [1.82, 2.24) is 0 Å². The van der Waals surface area contributed by atoms with Crippen LogP contribution in [0, 0.1) is 0 Å². The number of rotatable bonds is 3. The summed E-state index contributed by atoms with van der Waals surface area (Å²) in [4.78, 5) is 0. The van der Waals surface area contributed by atoms with E-state index in [0.717, 1.165) is 17.1 Å². The molecule has 0 fully saturated rings. The molecule has 4 nitrogen and oxygen atoms in total. The van der Waals surface area contributed by atoms with Gasteiger partial charge in [0.25, 0.3) is 0 Å². The molecule has 1 heterocycles. The Balaban J connectivity index is 0.00000128. The number of para-hydroxylation sites is 1. The lowest BCUT2D eigenvalue weighted by molar-refractivity contribution is 0.168. The van der Waals surface area contributed by atoms with E-state index in [2.05, 4.69) is 0 Å². The maximum absolute atomic E-state index is 8.85. The van der Waals surface area contributed by atoms with Crippen LogP contribution in [-0.2, 0) is 0 Å². The van der Waals surface area contributed by atoms with Crippen molar-refractivity contribution in [3.8, 4) is 11.5 Å². The first kappa shape index (κ1) is 13.1. The van der Waals surface area contributed by atoms with Gasteiger partial charge in [-0.1, -0.05) is 12.1 Å². The molecule has 1 aromatic rings. The minimum absolute atomic E-state index is 0. The molecule has 0 saturated carbocycles. The van der Waals surface area contributed by atoms with E-state index in [4.69, 9.17) is 20.3 Å². The van der Waals surface area contributed by atoms with E-state index < -0.39 is 0 Å². The van der Waals surface area contributed by atoms with Gasteiger partial charge < -0.3 is 20.3 Å². The average molecular weight is 246 g/mol. The van der Waals surface area contributed by atoms with Gasteiger partial charge in [-0.15, -0.1) is 12.4 Å². The number of halogens is 1. The first-order valence-corrected chi connectivity index (χ1v) is 5.08. The Labute approximate surface area is 101 Å². The molecular formula is C11H16ClNO3. The highest BCUT2D eigenvalue weighted by Crippen LogP contribution is 2.36. The summed E-state index contributed by atoms with van der Waals surface area (Å²) in [5, 5.41) is 8.85. The normalized spacial score (nSPS) is 15.1. The molecule has 0 amide bonds. The van der Waals surface area contributed by atoms with Crippen molar-refractivity contribution in [2.45, 2.75) is 12.5 Å². The van der Waals surface area contributed by atoms with Gasteiger partial charge in [-0.2, -0.15) is 0 Å². The van der Waals surface area contributed by atoms with Crippen molar-refractivity contribution in [2.24, 2.45) is 5.73 Å². The molecule has 0 radical (unpaired) electrons. The minimum atomic E-state index is -0.202. The van der Waals surface area contributed by atoms with E-state index >= 15 is 0 Å².